The van der Waals surface area contributed by atoms with Crippen molar-refractivity contribution in [3.05, 3.63) is 77.3 Å². The van der Waals surface area contributed by atoms with Gasteiger partial charge in [-0.05, 0) is 49.9 Å². The van der Waals surface area contributed by atoms with Crippen LogP contribution < -0.4 is 0 Å². The molecule has 1 saturated heterocycles. The summed E-state index contributed by atoms with van der Waals surface area (Å²) in [5.41, 5.74) is 3.29. The number of benzene rings is 1. The van der Waals surface area contributed by atoms with E-state index in [9.17, 15) is 18.0 Å². The smallest absolute Gasteiger partial charge is 0.197 e. The van der Waals surface area contributed by atoms with Gasteiger partial charge in [-0.2, -0.15) is 15.3 Å². The Morgan fingerprint density at radius 3 is 2.58 bits per heavy atom. The van der Waals surface area contributed by atoms with Gasteiger partial charge in [0.05, 0.1) is 36.4 Å². The molecule has 6 rings (SSSR count). The zero-order valence-electron chi connectivity index (χ0n) is 19.4. The number of pyridine rings is 1. The first kappa shape index (κ1) is 22.6. The summed E-state index contributed by atoms with van der Waals surface area (Å²) in [5.74, 6) is -4.11. The van der Waals surface area contributed by atoms with Crippen molar-refractivity contribution in [1.29, 1.82) is 0 Å². The molecule has 2 aliphatic rings. The molecule has 4 aromatic rings. The monoisotopic (exact) mass is 493 g/mol. The molecule has 11 heteroatoms. The van der Waals surface area contributed by atoms with Crippen LogP contribution in [-0.2, 0) is 13.5 Å². The second-order valence-corrected chi connectivity index (χ2v) is 9.18. The van der Waals surface area contributed by atoms with Crippen LogP contribution in [0.1, 0.15) is 47.1 Å². The molecule has 0 spiro atoms. The number of carbonyl (C=O) groups is 1. The van der Waals surface area contributed by atoms with Crippen molar-refractivity contribution in [1.82, 2.24) is 34.7 Å². The van der Waals surface area contributed by atoms with Crippen LogP contribution in [0.4, 0.5) is 13.2 Å². The van der Waals surface area contributed by atoms with E-state index in [0.29, 0.717) is 17.8 Å². The number of rotatable bonds is 5. The molecule has 2 aliphatic heterocycles. The lowest BCUT2D eigenvalue weighted by atomic mass is 9.81. The first-order valence-electron chi connectivity index (χ1n) is 11.7. The number of carbonyl (C=O) groups excluding carboxylic acids is 1. The Balaban J connectivity index is 1.35. The zero-order chi connectivity index (χ0) is 25.0. The Bertz CT molecular complexity index is 1440. The predicted octanol–water partition coefficient (Wildman–Crippen LogP) is 3.81. The molecule has 36 heavy (non-hydrogen) atoms. The molecule has 1 aromatic carbocycles. The fourth-order valence-corrected chi connectivity index (χ4v) is 5.59. The number of ketones is 1. The second-order valence-electron chi connectivity index (χ2n) is 9.18. The fourth-order valence-electron chi connectivity index (χ4n) is 5.59. The third-order valence-electron chi connectivity index (χ3n) is 7.08. The molecule has 1 fully saturated rings. The molecular weight excluding hydrogens is 471 g/mol. The van der Waals surface area contributed by atoms with Crippen molar-refractivity contribution in [2.75, 3.05) is 6.54 Å². The molecule has 184 valence electrons. The third kappa shape index (κ3) is 3.62. The highest BCUT2D eigenvalue weighted by molar-refractivity contribution is 5.99. The Kier molecular flexibility index (Phi) is 5.44. The van der Waals surface area contributed by atoms with Crippen LogP contribution in [0, 0.1) is 17.5 Å². The van der Waals surface area contributed by atoms with Crippen molar-refractivity contribution >= 4 is 5.78 Å². The number of Topliss-reactive ketones (excluding diaryl/α,β-unsaturated/α-hetero) is 1. The van der Waals surface area contributed by atoms with E-state index >= 15 is 0 Å². The summed E-state index contributed by atoms with van der Waals surface area (Å²) >= 11 is 0. The van der Waals surface area contributed by atoms with E-state index in [-0.39, 0.29) is 35.7 Å². The molecule has 2 unspecified atom stereocenters. The van der Waals surface area contributed by atoms with E-state index < -0.39 is 17.5 Å². The first-order valence-corrected chi connectivity index (χ1v) is 11.7. The van der Waals surface area contributed by atoms with Crippen LogP contribution in [0.2, 0.25) is 0 Å². The largest absolute Gasteiger partial charge is 0.291 e. The van der Waals surface area contributed by atoms with Gasteiger partial charge < -0.3 is 0 Å². The molecule has 0 radical (unpaired) electrons. The number of aryl methyl sites for hydroxylation is 1. The molecule has 0 N–H and O–H groups in total. The number of halogens is 3. The summed E-state index contributed by atoms with van der Waals surface area (Å²) in [6, 6.07) is 5.42. The second kappa shape index (κ2) is 8.66. The van der Waals surface area contributed by atoms with Crippen LogP contribution >= 0.6 is 0 Å². The van der Waals surface area contributed by atoms with Gasteiger partial charge in [0.15, 0.2) is 23.2 Å². The average molecular weight is 493 g/mol. The lowest BCUT2D eigenvalue weighted by Gasteiger charge is -2.45. The van der Waals surface area contributed by atoms with E-state index in [0.717, 1.165) is 42.7 Å². The minimum Gasteiger partial charge on any atom is -0.291 e. The fraction of sp³-hybridized carbons (Fsp3) is 0.320. The molecule has 0 amide bonds. The van der Waals surface area contributed by atoms with Gasteiger partial charge >= 0.3 is 0 Å². The summed E-state index contributed by atoms with van der Waals surface area (Å²) in [7, 11) is 1.71. The normalized spacial score (nSPS) is 19.3. The molecule has 0 saturated carbocycles. The number of aromatic nitrogens is 6. The van der Waals surface area contributed by atoms with E-state index in [1.807, 2.05) is 0 Å². The van der Waals surface area contributed by atoms with Crippen molar-refractivity contribution in [2.45, 2.75) is 37.8 Å². The summed E-state index contributed by atoms with van der Waals surface area (Å²) in [5, 5.41) is 13.0. The standard InChI is InChI=1S/C25H22F3N7O/c1-33-25(14-10-17(26)22(28)18(27)11-14)16-12-15-4-2-5-19(23(16)32-33)34(15)13-21(36)24-20(6-3-7-29-24)35-30-8-9-31-35/h3,6-11,15,19H,2,4-5,12-13H2,1H3. The SMILES string of the molecule is Cn1nc2c(c1-c1cc(F)c(F)c(F)c1)CC1CCCC2N1CC(=O)c1ncccc1-n1nccn1. The lowest BCUT2D eigenvalue weighted by molar-refractivity contribution is 0.0559. The Hall–Kier alpha value is -3.86. The molecule has 2 atom stereocenters. The Morgan fingerprint density at radius 1 is 1.08 bits per heavy atom. The van der Waals surface area contributed by atoms with Gasteiger partial charge in [-0.1, -0.05) is 0 Å². The first-order chi connectivity index (χ1) is 17.4. The minimum atomic E-state index is -1.49. The van der Waals surface area contributed by atoms with Gasteiger partial charge in [0.25, 0.3) is 0 Å². The summed E-state index contributed by atoms with van der Waals surface area (Å²) in [4.78, 5) is 21.3. The van der Waals surface area contributed by atoms with E-state index in [1.165, 1.54) is 17.2 Å². The third-order valence-corrected chi connectivity index (χ3v) is 7.08. The van der Waals surface area contributed by atoms with Crippen molar-refractivity contribution in [3.63, 3.8) is 0 Å². The number of hydrogen-bond donors (Lipinski definition) is 0. The van der Waals surface area contributed by atoms with Crippen LogP contribution in [0.5, 0.6) is 0 Å². The van der Waals surface area contributed by atoms with Gasteiger partial charge in [-0.3, -0.25) is 19.4 Å². The predicted molar refractivity (Wildman–Crippen MR) is 123 cm³/mol. The number of hydrogen-bond acceptors (Lipinski definition) is 6. The highest BCUT2D eigenvalue weighted by atomic mass is 19.2. The highest BCUT2D eigenvalue weighted by Gasteiger charge is 2.42. The van der Waals surface area contributed by atoms with Gasteiger partial charge in [-0.15, -0.1) is 4.80 Å². The topological polar surface area (TPSA) is 81.7 Å². The molecule has 8 nitrogen and oxygen atoms in total. The zero-order valence-corrected chi connectivity index (χ0v) is 19.4. The van der Waals surface area contributed by atoms with Crippen molar-refractivity contribution < 1.29 is 18.0 Å². The van der Waals surface area contributed by atoms with E-state index in [1.54, 1.807) is 30.1 Å². The maximum Gasteiger partial charge on any atom is 0.197 e. The lowest BCUT2D eigenvalue weighted by Crippen LogP contribution is -2.49. The molecular formula is C25H22F3N7O. The van der Waals surface area contributed by atoms with Crippen LogP contribution in [0.3, 0.4) is 0 Å². The highest BCUT2D eigenvalue weighted by Crippen LogP contribution is 2.44. The van der Waals surface area contributed by atoms with Gasteiger partial charge in [0.1, 0.15) is 11.4 Å². The Labute approximate surface area is 204 Å². The van der Waals surface area contributed by atoms with Crippen LogP contribution in [0.25, 0.3) is 16.9 Å². The quantitative estimate of drug-likeness (QED) is 0.311. The van der Waals surface area contributed by atoms with Gasteiger partial charge in [-0.25, -0.2) is 13.2 Å². The number of piperidine rings is 1. The average Bonchev–Trinajstić information content (AvgIpc) is 3.50. The van der Waals surface area contributed by atoms with Crippen LogP contribution in [-0.4, -0.2) is 53.0 Å². The minimum absolute atomic E-state index is 0.0493. The van der Waals surface area contributed by atoms with E-state index in [4.69, 9.17) is 5.10 Å². The van der Waals surface area contributed by atoms with Crippen molar-refractivity contribution in [3.8, 4) is 16.9 Å². The maximum atomic E-state index is 14.0. The van der Waals surface area contributed by atoms with E-state index in [2.05, 4.69) is 20.1 Å². The summed E-state index contributed by atoms with van der Waals surface area (Å²) in [6.07, 6.45) is 7.87. The van der Waals surface area contributed by atoms with Gasteiger partial charge in [0, 0.05) is 30.4 Å². The molecule has 5 heterocycles. The Morgan fingerprint density at radius 2 is 1.83 bits per heavy atom. The summed E-state index contributed by atoms with van der Waals surface area (Å²) < 4.78 is 43.2. The molecule has 3 aromatic heterocycles. The maximum absolute atomic E-state index is 14.0. The number of fused-ring (bicyclic) bond motifs is 4. The molecule has 2 bridgehead atoms. The summed E-state index contributed by atoms with van der Waals surface area (Å²) in [6.45, 7) is 0.145. The van der Waals surface area contributed by atoms with Crippen molar-refractivity contribution in [2.24, 2.45) is 7.05 Å². The number of nitrogens with zero attached hydrogens (tertiary/aromatic N) is 7. The molecule has 0 aliphatic carbocycles. The van der Waals surface area contributed by atoms with Crippen LogP contribution in [0.15, 0.2) is 42.9 Å². The van der Waals surface area contributed by atoms with Gasteiger partial charge in [0.2, 0.25) is 0 Å².